The first-order valence-electron chi connectivity index (χ1n) is 7.32. The molecule has 1 aliphatic rings. The molecule has 0 aromatic heterocycles. The summed E-state index contributed by atoms with van der Waals surface area (Å²) >= 11 is 0. The van der Waals surface area contributed by atoms with Crippen LogP contribution in [0.1, 0.15) is 30.0 Å². The molecule has 1 aliphatic heterocycles. The van der Waals surface area contributed by atoms with Crippen LogP contribution in [-0.2, 0) is 10.0 Å². The smallest absolute Gasteiger partial charge is 0.207 e. The molecule has 0 N–H and O–H groups in total. The Balaban J connectivity index is 1.97. The summed E-state index contributed by atoms with van der Waals surface area (Å²) in [5.41, 5.74) is 2.13. The lowest BCUT2D eigenvalue weighted by Gasteiger charge is -2.24. The van der Waals surface area contributed by atoms with Gasteiger partial charge in [0.05, 0.1) is 10.9 Å². The zero-order valence-corrected chi connectivity index (χ0v) is 13.2. The van der Waals surface area contributed by atoms with Crippen LogP contribution in [0.25, 0.3) is 0 Å². The third-order valence-electron chi connectivity index (χ3n) is 4.07. The van der Waals surface area contributed by atoms with E-state index in [1.165, 1.54) is 22.5 Å². The van der Waals surface area contributed by atoms with Crippen molar-refractivity contribution in [3.63, 3.8) is 0 Å². The first kappa shape index (κ1) is 15.2. The first-order chi connectivity index (χ1) is 10.5. The first-order valence-corrected chi connectivity index (χ1v) is 8.76. The van der Waals surface area contributed by atoms with Gasteiger partial charge in [0.25, 0.3) is 0 Å². The second kappa shape index (κ2) is 5.82. The average Bonchev–Trinajstić information content (AvgIpc) is 2.98. The van der Waals surface area contributed by atoms with E-state index in [-0.39, 0.29) is 10.9 Å². The monoisotopic (exact) mass is 319 g/mol. The second-order valence-corrected chi connectivity index (χ2v) is 7.53. The molecular weight excluding hydrogens is 301 g/mol. The third kappa shape index (κ3) is 2.78. The molecule has 1 fully saturated rings. The maximum absolute atomic E-state index is 13.4. The molecule has 5 heteroatoms. The molecule has 1 heterocycles. The highest BCUT2D eigenvalue weighted by molar-refractivity contribution is 7.89. The number of aryl methyl sites for hydroxylation is 1. The van der Waals surface area contributed by atoms with E-state index < -0.39 is 15.8 Å². The van der Waals surface area contributed by atoms with Gasteiger partial charge in [0.2, 0.25) is 10.0 Å². The summed E-state index contributed by atoms with van der Waals surface area (Å²) in [6.07, 6.45) is 1.60. The molecule has 22 heavy (non-hydrogen) atoms. The number of nitrogens with zero attached hydrogens (tertiary/aromatic N) is 1. The van der Waals surface area contributed by atoms with Crippen LogP contribution in [-0.4, -0.2) is 19.3 Å². The van der Waals surface area contributed by atoms with Crippen LogP contribution in [0.4, 0.5) is 4.39 Å². The van der Waals surface area contributed by atoms with Crippen molar-refractivity contribution in [2.75, 3.05) is 6.54 Å². The van der Waals surface area contributed by atoms with E-state index in [1.54, 1.807) is 0 Å². The Kier molecular flexibility index (Phi) is 4.02. The Hall–Kier alpha value is -1.72. The molecule has 3 nitrogen and oxygen atoms in total. The van der Waals surface area contributed by atoms with E-state index in [0.717, 1.165) is 30.0 Å². The third-order valence-corrected chi connectivity index (χ3v) is 5.97. The summed E-state index contributed by atoms with van der Waals surface area (Å²) < 4.78 is 40.5. The minimum atomic E-state index is -3.68. The zero-order chi connectivity index (χ0) is 15.7. The Morgan fingerprint density at radius 2 is 1.86 bits per heavy atom. The van der Waals surface area contributed by atoms with Crippen molar-refractivity contribution in [2.24, 2.45) is 0 Å². The SMILES string of the molecule is Cc1ccc(C2CCCN2S(=O)(=O)c2cccc(F)c2)cc1. The zero-order valence-electron chi connectivity index (χ0n) is 12.4. The summed E-state index contributed by atoms with van der Waals surface area (Å²) in [4.78, 5) is 0.0199. The standard InChI is InChI=1S/C17H18FNO2S/c1-13-7-9-14(10-8-13)17-6-3-11-19(17)22(20,21)16-5-2-4-15(18)12-16/h2,4-5,7-10,12,17H,3,6,11H2,1H3. The minimum absolute atomic E-state index is 0.0199. The molecule has 0 saturated carbocycles. The van der Waals surface area contributed by atoms with Crippen molar-refractivity contribution >= 4 is 10.0 Å². The van der Waals surface area contributed by atoms with Gasteiger partial charge in [-0.3, -0.25) is 0 Å². The number of benzene rings is 2. The highest BCUT2D eigenvalue weighted by Gasteiger charge is 2.36. The molecule has 0 aliphatic carbocycles. The van der Waals surface area contributed by atoms with E-state index in [0.29, 0.717) is 6.54 Å². The molecule has 1 unspecified atom stereocenters. The van der Waals surface area contributed by atoms with E-state index in [2.05, 4.69) is 0 Å². The Bertz CT molecular complexity index is 772. The number of hydrogen-bond donors (Lipinski definition) is 0. The fourth-order valence-corrected chi connectivity index (χ4v) is 4.63. The molecule has 0 amide bonds. The maximum atomic E-state index is 13.4. The van der Waals surface area contributed by atoms with Crippen LogP contribution in [0.5, 0.6) is 0 Å². The Morgan fingerprint density at radius 1 is 1.14 bits per heavy atom. The number of rotatable bonds is 3. The van der Waals surface area contributed by atoms with Crippen LogP contribution < -0.4 is 0 Å². The van der Waals surface area contributed by atoms with Crippen molar-refractivity contribution in [1.82, 2.24) is 4.31 Å². The van der Waals surface area contributed by atoms with Gasteiger partial charge < -0.3 is 0 Å². The van der Waals surface area contributed by atoms with Crippen molar-refractivity contribution < 1.29 is 12.8 Å². The van der Waals surface area contributed by atoms with Crippen LogP contribution in [0, 0.1) is 12.7 Å². The number of hydrogen-bond acceptors (Lipinski definition) is 2. The van der Waals surface area contributed by atoms with Crippen molar-refractivity contribution in [1.29, 1.82) is 0 Å². The van der Waals surface area contributed by atoms with Crippen LogP contribution >= 0.6 is 0 Å². The highest BCUT2D eigenvalue weighted by Crippen LogP contribution is 2.36. The maximum Gasteiger partial charge on any atom is 0.243 e. The van der Waals surface area contributed by atoms with Gasteiger partial charge in [-0.1, -0.05) is 35.9 Å². The fourth-order valence-electron chi connectivity index (χ4n) is 2.91. The van der Waals surface area contributed by atoms with E-state index >= 15 is 0 Å². The Morgan fingerprint density at radius 3 is 2.55 bits per heavy atom. The largest absolute Gasteiger partial charge is 0.243 e. The van der Waals surface area contributed by atoms with Gasteiger partial charge >= 0.3 is 0 Å². The lowest BCUT2D eigenvalue weighted by molar-refractivity contribution is 0.396. The number of sulfonamides is 1. The van der Waals surface area contributed by atoms with Crippen molar-refractivity contribution in [3.8, 4) is 0 Å². The molecule has 0 spiro atoms. The molecular formula is C17H18FNO2S. The lowest BCUT2D eigenvalue weighted by atomic mass is 10.0. The molecule has 0 radical (unpaired) electrons. The van der Waals surface area contributed by atoms with Gasteiger partial charge in [-0.15, -0.1) is 0 Å². The predicted octanol–water partition coefficient (Wildman–Crippen LogP) is 3.66. The summed E-state index contributed by atoms with van der Waals surface area (Å²) in [6, 6.07) is 13.0. The van der Waals surface area contributed by atoms with E-state index in [1.807, 2.05) is 31.2 Å². The molecule has 2 aromatic rings. The van der Waals surface area contributed by atoms with Gasteiger partial charge in [0, 0.05) is 6.54 Å². The van der Waals surface area contributed by atoms with E-state index in [4.69, 9.17) is 0 Å². The molecule has 0 bridgehead atoms. The van der Waals surface area contributed by atoms with Crippen molar-refractivity contribution in [3.05, 3.63) is 65.5 Å². The van der Waals surface area contributed by atoms with Gasteiger partial charge in [-0.2, -0.15) is 4.31 Å². The lowest BCUT2D eigenvalue weighted by Crippen LogP contribution is -2.30. The average molecular weight is 319 g/mol. The molecule has 2 aromatic carbocycles. The van der Waals surface area contributed by atoms with E-state index in [9.17, 15) is 12.8 Å². The summed E-state index contributed by atoms with van der Waals surface area (Å²) in [7, 11) is -3.68. The van der Waals surface area contributed by atoms with Gasteiger partial charge in [0.1, 0.15) is 5.82 Å². The highest BCUT2D eigenvalue weighted by atomic mass is 32.2. The molecule has 116 valence electrons. The van der Waals surface area contributed by atoms with Crippen LogP contribution in [0.15, 0.2) is 53.4 Å². The summed E-state index contributed by atoms with van der Waals surface area (Å²) in [6.45, 7) is 2.47. The summed E-state index contributed by atoms with van der Waals surface area (Å²) in [5, 5.41) is 0. The quantitative estimate of drug-likeness (QED) is 0.866. The van der Waals surface area contributed by atoms with Gasteiger partial charge in [0.15, 0.2) is 0 Å². The number of halogens is 1. The van der Waals surface area contributed by atoms with Crippen molar-refractivity contribution in [2.45, 2.75) is 30.7 Å². The van der Waals surface area contributed by atoms with Gasteiger partial charge in [-0.25, -0.2) is 12.8 Å². The Labute approximate surface area is 130 Å². The minimum Gasteiger partial charge on any atom is -0.207 e. The predicted molar refractivity (Wildman–Crippen MR) is 83.4 cm³/mol. The van der Waals surface area contributed by atoms with Crippen LogP contribution in [0.3, 0.4) is 0 Å². The van der Waals surface area contributed by atoms with Gasteiger partial charge in [-0.05, 0) is 43.5 Å². The molecule has 1 atom stereocenters. The molecule has 1 saturated heterocycles. The van der Waals surface area contributed by atoms with Crippen LogP contribution in [0.2, 0.25) is 0 Å². The topological polar surface area (TPSA) is 37.4 Å². The summed E-state index contributed by atoms with van der Waals surface area (Å²) in [5.74, 6) is -0.535. The normalized spacial score (nSPS) is 19.5. The second-order valence-electron chi connectivity index (χ2n) is 5.64. The fraction of sp³-hybridized carbons (Fsp3) is 0.294. The molecule has 3 rings (SSSR count).